The van der Waals surface area contributed by atoms with Crippen LogP contribution in [0, 0.1) is 0 Å². The molecule has 2 heterocycles. The van der Waals surface area contributed by atoms with E-state index in [-0.39, 0.29) is 37.2 Å². The highest BCUT2D eigenvalue weighted by Crippen LogP contribution is 2.41. The van der Waals surface area contributed by atoms with E-state index in [2.05, 4.69) is 0 Å². The maximum absolute atomic E-state index is 12.1. The van der Waals surface area contributed by atoms with Crippen molar-refractivity contribution in [1.82, 2.24) is 0 Å². The Bertz CT molecular complexity index is 716. The van der Waals surface area contributed by atoms with Gasteiger partial charge in [0.1, 0.15) is 12.2 Å². The zero-order valence-electron chi connectivity index (χ0n) is 14.4. The van der Waals surface area contributed by atoms with Crippen LogP contribution in [0.3, 0.4) is 0 Å². The molecule has 8 heteroatoms. The van der Waals surface area contributed by atoms with Gasteiger partial charge in [-0.3, -0.25) is 9.59 Å². The van der Waals surface area contributed by atoms with E-state index in [4.69, 9.17) is 18.9 Å². The molecule has 2 aliphatic rings. The molecule has 0 saturated heterocycles. The van der Waals surface area contributed by atoms with Crippen molar-refractivity contribution < 1.29 is 38.1 Å². The molecule has 26 heavy (non-hydrogen) atoms. The Morgan fingerprint density at radius 3 is 1.58 bits per heavy atom. The average Bonchev–Trinajstić information content (AvgIpc) is 3.04. The summed E-state index contributed by atoms with van der Waals surface area (Å²) in [6, 6.07) is 2.99. The van der Waals surface area contributed by atoms with E-state index < -0.39 is 36.1 Å². The van der Waals surface area contributed by atoms with Crippen molar-refractivity contribution in [3.63, 3.8) is 0 Å². The second-order valence-corrected chi connectivity index (χ2v) is 5.83. The fourth-order valence-electron chi connectivity index (χ4n) is 3.08. The third kappa shape index (κ3) is 3.26. The molecule has 0 unspecified atom stereocenters. The molecule has 0 radical (unpaired) electrons. The van der Waals surface area contributed by atoms with Crippen LogP contribution < -0.4 is 0 Å². The summed E-state index contributed by atoms with van der Waals surface area (Å²) in [5.74, 6) is -2.18. The fraction of sp³-hybridized carbons (Fsp3) is 0.444. The zero-order chi connectivity index (χ0) is 18.8. The maximum atomic E-state index is 12.1. The van der Waals surface area contributed by atoms with Gasteiger partial charge in [-0.2, -0.15) is 0 Å². The van der Waals surface area contributed by atoms with Gasteiger partial charge in [0.2, 0.25) is 0 Å². The quantitative estimate of drug-likeness (QED) is 0.559. The Balaban J connectivity index is 1.88. The molecule has 138 valence electrons. The van der Waals surface area contributed by atoms with Crippen molar-refractivity contribution in [3.05, 3.63) is 34.4 Å². The van der Waals surface area contributed by atoms with Gasteiger partial charge in [0.25, 0.3) is 0 Å². The van der Waals surface area contributed by atoms with Gasteiger partial charge in [0.15, 0.2) is 0 Å². The van der Waals surface area contributed by atoms with Crippen molar-refractivity contribution in [1.29, 1.82) is 0 Å². The lowest BCUT2D eigenvalue weighted by atomic mass is 9.94. The van der Waals surface area contributed by atoms with E-state index in [0.29, 0.717) is 11.1 Å². The summed E-state index contributed by atoms with van der Waals surface area (Å²) in [6.45, 7) is 3.80. The molecule has 0 bridgehead atoms. The molecule has 2 aliphatic heterocycles. The van der Waals surface area contributed by atoms with Crippen LogP contribution >= 0.6 is 0 Å². The number of fused-ring (bicyclic) bond motifs is 2. The lowest BCUT2D eigenvalue weighted by molar-refractivity contribution is -0.146. The van der Waals surface area contributed by atoms with Crippen LogP contribution in [0.15, 0.2) is 12.1 Å². The summed E-state index contributed by atoms with van der Waals surface area (Å²) in [7, 11) is 0. The third-order valence-corrected chi connectivity index (χ3v) is 4.17. The predicted molar refractivity (Wildman–Crippen MR) is 85.3 cm³/mol. The van der Waals surface area contributed by atoms with E-state index in [1.54, 1.807) is 13.8 Å². The first-order valence-corrected chi connectivity index (χ1v) is 8.35. The summed E-state index contributed by atoms with van der Waals surface area (Å²) < 4.78 is 20.2. The fourth-order valence-corrected chi connectivity index (χ4v) is 3.08. The smallest absolute Gasteiger partial charge is 0.339 e. The SMILES string of the molecule is CCOC(=O)C[C@@H]1OC(=O)c2cc3c(cc21)C(=O)O[C@@H]3CC(=O)OCC. The minimum Gasteiger partial charge on any atom is -0.466 e. The third-order valence-electron chi connectivity index (χ3n) is 4.17. The highest BCUT2D eigenvalue weighted by molar-refractivity contribution is 6.00. The molecule has 0 fully saturated rings. The first-order valence-electron chi connectivity index (χ1n) is 8.35. The van der Waals surface area contributed by atoms with E-state index in [1.165, 1.54) is 12.1 Å². The Morgan fingerprint density at radius 1 is 0.846 bits per heavy atom. The predicted octanol–water partition coefficient (Wildman–Crippen LogP) is 2.02. The monoisotopic (exact) mass is 362 g/mol. The van der Waals surface area contributed by atoms with E-state index in [9.17, 15) is 19.2 Å². The van der Waals surface area contributed by atoms with E-state index in [0.717, 1.165) is 0 Å². The minimum atomic E-state index is -0.807. The number of carbonyl (C=O) groups is 4. The lowest BCUT2D eigenvalue weighted by Gasteiger charge is -2.11. The maximum Gasteiger partial charge on any atom is 0.339 e. The number of cyclic esters (lactones) is 2. The largest absolute Gasteiger partial charge is 0.466 e. The summed E-state index contributed by atoms with van der Waals surface area (Å²) in [5.41, 5.74) is 1.39. The van der Waals surface area contributed by atoms with Gasteiger partial charge in [-0.15, -0.1) is 0 Å². The minimum absolute atomic E-state index is 0.132. The molecule has 0 aliphatic carbocycles. The van der Waals surface area contributed by atoms with Crippen LogP contribution in [0.5, 0.6) is 0 Å². The van der Waals surface area contributed by atoms with Gasteiger partial charge in [-0.05, 0) is 26.0 Å². The standard InChI is InChI=1S/C18H18O8/c1-3-23-15(19)7-13-9-5-12-10(6-11(9)17(21)25-13)14(26-18(12)22)8-16(20)24-4-2/h5-6,13-14H,3-4,7-8H2,1-2H3/t13-,14+. The number of hydrogen-bond acceptors (Lipinski definition) is 8. The van der Waals surface area contributed by atoms with E-state index in [1.807, 2.05) is 0 Å². The first kappa shape index (κ1) is 17.9. The van der Waals surface area contributed by atoms with Crippen molar-refractivity contribution in [2.45, 2.75) is 38.9 Å². The number of carbonyl (C=O) groups excluding carboxylic acids is 4. The van der Waals surface area contributed by atoms with Crippen molar-refractivity contribution in [3.8, 4) is 0 Å². The van der Waals surface area contributed by atoms with Crippen LogP contribution in [0.2, 0.25) is 0 Å². The summed E-state index contributed by atoms with van der Waals surface area (Å²) in [6.07, 6.45) is -1.88. The molecular weight excluding hydrogens is 344 g/mol. The Hall–Kier alpha value is -2.90. The van der Waals surface area contributed by atoms with E-state index >= 15 is 0 Å². The Labute approximate surface area is 149 Å². The molecule has 0 saturated carbocycles. The molecule has 1 aromatic carbocycles. The van der Waals surface area contributed by atoms with Crippen LogP contribution in [-0.4, -0.2) is 37.1 Å². The van der Waals surface area contributed by atoms with Crippen molar-refractivity contribution >= 4 is 23.9 Å². The van der Waals surface area contributed by atoms with Gasteiger partial charge < -0.3 is 18.9 Å². The molecule has 1 aromatic rings. The van der Waals surface area contributed by atoms with Crippen molar-refractivity contribution in [2.24, 2.45) is 0 Å². The van der Waals surface area contributed by atoms with Crippen LogP contribution in [-0.2, 0) is 28.5 Å². The topological polar surface area (TPSA) is 105 Å². The summed E-state index contributed by atoms with van der Waals surface area (Å²) in [5, 5.41) is 0. The second kappa shape index (κ2) is 7.15. The lowest BCUT2D eigenvalue weighted by Crippen LogP contribution is -2.10. The van der Waals surface area contributed by atoms with Gasteiger partial charge in [-0.25, -0.2) is 9.59 Å². The number of ether oxygens (including phenoxy) is 4. The number of rotatable bonds is 6. The highest BCUT2D eigenvalue weighted by Gasteiger charge is 2.40. The van der Waals surface area contributed by atoms with Crippen LogP contribution in [0.4, 0.5) is 0 Å². The average molecular weight is 362 g/mol. The van der Waals surface area contributed by atoms with Crippen LogP contribution in [0.1, 0.15) is 70.7 Å². The Morgan fingerprint density at radius 2 is 1.23 bits per heavy atom. The van der Waals surface area contributed by atoms with Crippen molar-refractivity contribution in [2.75, 3.05) is 13.2 Å². The molecular formula is C18H18O8. The molecule has 0 N–H and O–H groups in total. The number of hydrogen-bond donors (Lipinski definition) is 0. The Kier molecular flexibility index (Phi) is 4.92. The van der Waals surface area contributed by atoms with Gasteiger partial charge in [0, 0.05) is 11.1 Å². The second-order valence-electron chi connectivity index (χ2n) is 5.83. The van der Waals surface area contributed by atoms with Gasteiger partial charge >= 0.3 is 23.9 Å². The molecule has 2 atom stereocenters. The number of esters is 4. The number of benzene rings is 1. The van der Waals surface area contributed by atoms with Gasteiger partial charge in [0.05, 0.1) is 37.2 Å². The van der Waals surface area contributed by atoms with Crippen LogP contribution in [0.25, 0.3) is 0 Å². The normalized spacial score (nSPS) is 20.1. The summed E-state index contributed by atoms with van der Waals surface area (Å²) >= 11 is 0. The zero-order valence-corrected chi connectivity index (χ0v) is 14.4. The molecule has 0 amide bonds. The molecule has 0 spiro atoms. The first-order chi connectivity index (χ1) is 12.4. The molecule has 0 aromatic heterocycles. The van der Waals surface area contributed by atoms with Gasteiger partial charge in [-0.1, -0.05) is 0 Å². The molecule has 3 rings (SSSR count). The molecule has 8 nitrogen and oxygen atoms in total. The highest BCUT2D eigenvalue weighted by atomic mass is 16.6. The summed E-state index contributed by atoms with van der Waals surface area (Å²) in [4.78, 5) is 47.7.